The average Bonchev–Trinajstić information content (AvgIpc) is 3.08. The Bertz CT molecular complexity index is 702. The van der Waals surface area contributed by atoms with E-state index in [0.717, 1.165) is 24.3 Å². The van der Waals surface area contributed by atoms with Crippen LogP contribution in [0.1, 0.15) is 18.1 Å². The molecule has 0 bridgehead atoms. The SMILES string of the molecule is CCc1ccccc1CNc1cccc(-n2cccn2)c1. The number of nitrogens with one attached hydrogen (secondary N) is 1. The molecule has 0 aliphatic carbocycles. The number of aromatic nitrogens is 2. The lowest BCUT2D eigenvalue weighted by Gasteiger charge is -2.11. The van der Waals surface area contributed by atoms with Crippen LogP contribution in [0.3, 0.4) is 0 Å². The van der Waals surface area contributed by atoms with Gasteiger partial charge in [-0.2, -0.15) is 5.10 Å². The van der Waals surface area contributed by atoms with Gasteiger partial charge in [-0.05, 0) is 41.8 Å². The Morgan fingerprint density at radius 2 is 1.86 bits per heavy atom. The molecule has 3 aromatic rings. The third-order valence-electron chi connectivity index (χ3n) is 3.60. The van der Waals surface area contributed by atoms with Gasteiger partial charge in [0.15, 0.2) is 0 Å². The largest absolute Gasteiger partial charge is 0.381 e. The second-order valence-corrected chi connectivity index (χ2v) is 4.98. The van der Waals surface area contributed by atoms with Gasteiger partial charge >= 0.3 is 0 Å². The summed E-state index contributed by atoms with van der Waals surface area (Å²) < 4.78 is 1.87. The van der Waals surface area contributed by atoms with Gasteiger partial charge in [-0.1, -0.05) is 37.3 Å². The quantitative estimate of drug-likeness (QED) is 0.762. The molecule has 0 spiro atoms. The minimum atomic E-state index is 0.840. The Hall–Kier alpha value is -2.55. The predicted octanol–water partition coefficient (Wildman–Crippen LogP) is 4.05. The highest BCUT2D eigenvalue weighted by atomic mass is 15.3. The Balaban J connectivity index is 1.75. The molecule has 0 saturated carbocycles. The first-order valence-corrected chi connectivity index (χ1v) is 7.27. The molecule has 3 rings (SSSR count). The molecule has 2 aromatic carbocycles. The van der Waals surface area contributed by atoms with Crippen molar-refractivity contribution in [2.75, 3.05) is 5.32 Å². The molecule has 1 N–H and O–H groups in total. The van der Waals surface area contributed by atoms with Crippen molar-refractivity contribution in [1.82, 2.24) is 9.78 Å². The van der Waals surface area contributed by atoms with E-state index in [1.165, 1.54) is 11.1 Å². The highest BCUT2D eigenvalue weighted by Gasteiger charge is 2.01. The van der Waals surface area contributed by atoms with Crippen LogP contribution in [0.4, 0.5) is 5.69 Å². The van der Waals surface area contributed by atoms with E-state index >= 15 is 0 Å². The monoisotopic (exact) mass is 277 g/mol. The first-order valence-electron chi connectivity index (χ1n) is 7.27. The van der Waals surface area contributed by atoms with Crippen molar-refractivity contribution in [2.45, 2.75) is 19.9 Å². The molecule has 21 heavy (non-hydrogen) atoms. The maximum Gasteiger partial charge on any atom is 0.0666 e. The molecule has 0 aliphatic heterocycles. The van der Waals surface area contributed by atoms with Gasteiger partial charge in [0.1, 0.15) is 0 Å². The van der Waals surface area contributed by atoms with Gasteiger partial charge in [-0.25, -0.2) is 4.68 Å². The van der Waals surface area contributed by atoms with Gasteiger partial charge < -0.3 is 5.32 Å². The summed E-state index contributed by atoms with van der Waals surface area (Å²) in [7, 11) is 0. The van der Waals surface area contributed by atoms with E-state index in [0.29, 0.717) is 0 Å². The van der Waals surface area contributed by atoms with Crippen molar-refractivity contribution in [3.8, 4) is 5.69 Å². The molecule has 0 aliphatic rings. The van der Waals surface area contributed by atoms with Crippen molar-refractivity contribution in [3.05, 3.63) is 78.1 Å². The van der Waals surface area contributed by atoms with E-state index in [1.807, 2.05) is 23.0 Å². The summed E-state index contributed by atoms with van der Waals surface area (Å²) in [5.74, 6) is 0. The highest BCUT2D eigenvalue weighted by Crippen LogP contribution is 2.16. The van der Waals surface area contributed by atoms with Crippen LogP contribution in [0.25, 0.3) is 5.69 Å². The molecule has 1 aromatic heterocycles. The fraction of sp³-hybridized carbons (Fsp3) is 0.167. The third kappa shape index (κ3) is 3.14. The Labute approximate surface area is 125 Å². The number of benzene rings is 2. The van der Waals surface area contributed by atoms with E-state index in [2.05, 4.69) is 59.8 Å². The van der Waals surface area contributed by atoms with E-state index in [9.17, 15) is 0 Å². The Kier molecular flexibility index (Phi) is 4.01. The van der Waals surface area contributed by atoms with Gasteiger partial charge in [0.05, 0.1) is 5.69 Å². The summed E-state index contributed by atoms with van der Waals surface area (Å²) in [4.78, 5) is 0. The molecule has 0 unspecified atom stereocenters. The van der Waals surface area contributed by atoms with Crippen LogP contribution in [0.5, 0.6) is 0 Å². The number of hydrogen-bond acceptors (Lipinski definition) is 2. The molecule has 0 amide bonds. The lowest BCUT2D eigenvalue weighted by molar-refractivity contribution is 0.880. The molecule has 1 heterocycles. The van der Waals surface area contributed by atoms with Gasteiger partial charge in [0, 0.05) is 24.6 Å². The lowest BCUT2D eigenvalue weighted by atomic mass is 10.1. The van der Waals surface area contributed by atoms with E-state index in [-0.39, 0.29) is 0 Å². The Morgan fingerprint density at radius 3 is 2.62 bits per heavy atom. The number of hydrogen-bond donors (Lipinski definition) is 1. The summed E-state index contributed by atoms with van der Waals surface area (Å²) in [5.41, 5.74) is 4.92. The first-order chi connectivity index (χ1) is 10.4. The summed E-state index contributed by atoms with van der Waals surface area (Å²) in [6, 6.07) is 18.8. The molecule has 106 valence electrons. The van der Waals surface area contributed by atoms with Crippen LogP contribution < -0.4 is 5.32 Å². The second kappa shape index (κ2) is 6.27. The van der Waals surface area contributed by atoms with Crippen molar-refractivity contribution >= 4 is 5.69 Å². The normalized spacial score (nSPS) is 10.5. The number of anilines is 1. The topological polar surface area (TPSA) is 29.9 Å². The smallest absolute Gasteiger partial charge is 0.0666 e. The zero-order valence-corrected chi connectivity index (χ0v) is 12.2. The molecule has 3 heteroatoms. The van der Waals surface area contributed by atoms with Gasteiger partial charge in [0.25, 0.3) is 0 Å². The number of aryl methyl sites for hydroxylation is 1. The minimum absolute atomic E-state index is 0.840. The highest BCUT2D eigenvalue weighted by molar-refractivity contribution is 5.51. The fourth-order valence-electron chi connectivity index (χ4n) is 2.45. The van der Waals surface area contributed by atoms with Gasteiger partial charge in [-0.15, -0.1) is 0 Å². The van der Waals surface area contributed by atoms with Crippen LogP contribution in [0, 0.1) is 0 Å². The number of rotatable bonds is 5. The molecular formula is C18H19N3. The van der Waals surface area contributed by atoms with Crippen molar-refractivity contribution in [3.63, 3.8) is 0 Å². The zero-order chi connectivity index (χ0) is 14.5. The molecule has 3 nitrogen and oxygen atoms in total. The summed E-state index contributed by atoms with van der Waals surface area (Å²) in [5, 5.41) is 7.76. The maximum absolute atomic E-state index is 4.26. The van der Waals surface area contributed by atoms with E-state index in [4.69, 9.17) is 0 Å². The lowest BCUT2D eigenvalue weighted by Crippen LogP contribution is -2.03. The van der Waals surface area contributed by atoms with Crippen LogP contribution in [-0.4, -0.2) is 9.78 Å². The van der Waals surface area contributed by atoms with Gasteiger partial charge in [0.2, 0.25) is 0 Å². The fourth-order valence-corrected chi connectivity index (χ4v) is 2.45. The second-order valence-electron chi connectivity index (χ2n) is 4.98. The summed E-state index contributed by atoms with van der Waals surface area (Å²) in [6.45, 7) is 3.03. The first kappa shape index (κ1) is 13.4. The Morgan fingerprint density at radius 1 is 1.00 bits per heavy atom. The van der Waals surface area contributed by atoms with Crippen LogP contribution in [-0.2, 0) is 13.0 Å². The summed E-state index contributed by atoms with van der Waals surface area (Å²) >= 11 is 0. The van der Waals surface area contributed by atoms with E-state index < -0.39 is 0 Å². The van der Waals surface area contributed by atoms with Crippen molar-refractivity contribution in [1.29, 1.82) is 0 Å². The van der Waals surface area contributed by atoms with Crippen molar-refractivity contribution < 1.29 is 0 Å². The molecule has 0 saturated heterocycles. The number of nitrogens with zero attached hydrogens (tertiary/aromatic N) is 2. The third-order valence-corrected chi connectivity index (χ3v) is 3.60. The van der Waals surface area contributed by atoms with Crippen LogP contribution in [0.15, 0.2) is 67.0 Å². The predicted molar refractivity (Wildman–Crippen MR) is 86.7 cm³/mol. The van der Waals surface area contributed by atoms with Crippen LogP contribution in [0.2, 0.25) is 0 Å². The summed E-state index contributed by atoms with van der Waals surface area (Å²) in [6.07, 6.45) is 4.80. The van der Waals surface area contributed by atoms with Crippen LogP contribution >= 0.6 is 0 Å². The molecular weight excluding hydrogens is 258 g/mol. The molecule has 0 fully saturated rings. The molecule has 0 radical (unpaired) electrons. The van der Waals surface area contributed by atoms with Gasteiger partial charge in [-0.3, -0.25) is 0 Å². The molecule has 0 atom stereocenters. The minimum Gasteiger partial charge on any atom is -0.381 e. The average molecular weight is 277 g/mol. The van der Waals surface area contributed by atoms with E-state index in [1.54, 1.807) is 6.20 Å². The zero-order valence-electron chi connectivity index (χ0n) is 12.2. The van der Waals surface area contributed by atoms with Crippen molar-refractivity contribution in [2.24, 2.45) is 0 Å². The standard InChI is InChI=1S/C18H19N3/c1-2-15-7-3-4-8-16(15)14-19-17-9-5-10-18(13-17)21-12-6-11-20-21/h3-13,19H,2,14H2,1H3. The maximum atomic E-state index is 4.26.